The molecule has 2 aliphatic rings. The number of piperidine rings is 1. The standard InChI is InChI=1S/C26H31F3N6/c1-2-19-16-32-35-24(31-15-18-5-3-11-30-14-18)13-23(33-25(19)35)20-6-4-12-34(17-20)22-9-7-21(8-10-22)26(27,28)29/h2-3,5,11,13-14,16,20-22,31H,1,4,6-10,12,15,17H2. The van der Waals surface area contributed by atoms with Gasteiger partial charge in [0.15, 0.2) is 5.65 Å². The van der Waals surface area contributed by atoms with E-state index in [4.69, 9.17) is 4.98 Å². The van der Waals surface area contributed by atoms with Crippen molar-refractivity contribution in [2.45, 2.75) is 63.2 Å². The summed E-state index contributed by atoms with van der Waals surface area (Å²) in [7, 11) is 0. The molecule has 5 rings (SSSR count). The zero-order valence-corrected chi connectivity index (χ0v) is 19.7. The van der Waals surface area contributed by atoms with Gasteiger partial charge in [-0.25, -0.2) is 4.98 Å². The van der Waals surface area contributed by atoms with E-state index in [1.807, 2.05) is 18.3 Å². The Bertz CT molecular complexity index is 1150. The Labute approximate surface area is 203 Å². The molecule has 1 saturated heterocycles. The molecular weight excluding hydrogens is 453 g/mol. The summed E-state index contributed by atoms with van der Waals surface area (Å²) in [5, 5.41) is 7.99. The van der Waals surface area contributed by atoms with E-state index < -0.39 is 12.1 Å². The Balaban J connectivity index is 1.35. The van der Waals surface area contributed by atoms with Crippen molar-refractivity contribution in [1.29, 1.82) is 0 Å². The first kappa shape index (κ1) is 23.8. The smallest absolute Gasteiger partial charge is 0.366 e. The van der Waals surface area contributed by atoms with Crippen LogP contribution in [0, 0.1) is 5.92 Å². The molecule has 3 aromatic rings. The Morgan fingerprint density at radius 3 is 2.69 bits per heavy atom. The normalized spacial score (nSPS) is 23.9. The van der Waals surface area contributed by atoms with Crippen molar-refractivity contribution >= 4 is 17.5 Å². The highest BCUT2D eigenvalue weighted by Crippen LogP contribution is 2.40. The molecule has 1 N–H and O–H groups in total. The lowest BCUT2D eigenvalue weighted by Crippen LogP contribution is -2.45. The zero-order valence-electron chi connectivity index (χ0n) is 19.7. The quantitative estimate of drug-likeness (QED) is 0.488. The van der Waals surface area contributed by atoms with Crippen molar-refractivity contribution in [3.05, 3.63) is 60.2 Å². The van der Waals surface area contributed by atoms with E-state index in [9.17, 15) is 13.2 Å². The van der Waals surface area contributed by atoms with Crippen LogP contribution in [0.4, 0.5) is 19.0 Å². The first-order valence-electron chi connectivity index (χ1n) is 12.4. The molecule has 0 aromatic carbocycles. The molecule has 3 aromatic heterocycles. The lowest BCUT2D eigenvalue weighted by molar-refractivity contribution is -0.184. The molecule has 4 heterocycles. The van der Waals surface area contributed by atoms with Crippen LogP contribution < -0.4 is 5.32 Å². The molecule has 35 heavy (non-hydrogen) atoms. The molecule has 9 heteroatoms. The number of fused-ring (bicyclic) bond motifs is 1. The highest BCUT2D eigenvalue weighted by atomic mass is 19.4. The van der Waals surface area contributed by atoms with Crippen LogP contribution in [0.15, 0.2) is 43.4 Å². The molecule has 1 saturated carbocycles. The zero-order chi connectivity index (χ0) is 24.4. The lowest BCUT2D eigenvalue weighted by Gasteiger charge is -2.41. The third kappa shape index (κ3) is 5.19. The average molecular weight is 485 g/mol. The second kappa shape index (κ2) is 9.97. The Morgan fingerprint density at radius 1 is 1.14 bits per heavy atom. The summed E-state index contributed by atoms with van der Waals surface area (Å²) in [4.78, 5) is 11.6. The fraction of sp³-hybridized carbons (Fsp3) is 0.500. The molecule has 1 atom stereocenters. The Morgan fingerprint density at radius 2 is 1.97 bits per heavy atom. The van der Waals surface area contributed by atoms with E-state index in [1.54, 1.807) is 23.0 Å². The van der Waals surface area contributed by atoms with Gasteiger partial charge in [0, 0.05) is 49.1 Å². The van der Waals surface area contributed by atoms with Crippen LogP contribution in [0.25, 0.3) is 11.7 Å². The van der Waals surface area contributed by atoms with E-state index in [2.05, 4.69) is 32.9 Å². The summed E-state index contributed by atoms with van der Waals surface area (Å²) in [6.45, 7) is 6.28. The molecule has 0 bridgehead atoms. The predicted octanol–water partition coefficient (Wildman–Crippen LogP) is 5.68. The summed E-state index contributed by atoms with van der Waals surface area (Å²) in [6, 6.07) is 6.22. The lowest BCUT2D eigenvalue weighted by atomic mass is 9.83. The summed E-state index contributed by atoms with van der Waals surface area (Å²) < 4.78 is 41.2. The highest BCUT2D eigenvalue weighted by Gasteiger charge is 2.42. The minimum atomic E-state index is -4.07. The summed E-state index contributed by atoms with van der Waals surface area (Å²) in [5.41, 5.74) is 3.68. The predicted molar refractivity (Wildman–Crippen MR) is 130 cm³/mol. The van der Waals surface area contributed by atoms with Crippen molar-refractivity contribution in [1.82, 2.24) is 24.5 Å². The number of anilines is 1. The number of pyridine rings is 1. The average Bonchev–Trinajstić information content (AvgIpc) is 3.31. The highest BCUT2D eigenvalue weighted by molar-refractivity contribution is 5.66. The minimum Gasteiger partial charge on any atom is -0.366 e. The molecule has 1 unspecified atom stereocenters. The third-order valence-electron chi connectivity index (χ3n) is 7.48. The van der Waals surface area contributed by atoms with E-state index in [0.717, 1.165) is 54.2 Å². The van der Waals surface area contributed by atoms with Crippen LogP contribution in [0.3, 0.4) is 0 Å². The Hall–Kier alpha value is -2.94. The summed E-state index contributed by atoms with van der Waals surface area (Å²) in [5.74, 6) is -0.0681. The maximum absolute atomic E-state index is 13.1. The van der Waals surface area contributed by atoms with Crippen molar-refractivity contribution in [3.63, 3.8) is 0 Å². The van der Waals surface area contributed by atoms with E-state index in [0.29, 0.717) is 19.4 Å². The van der Waals surface area contributed by atoms with Gasteiger partial charge in [-0.15, -0.1) is 0 Å². The van der Waals surface area contributed by atoms with Gasteiger partial charge in [0.25, 0.3) is 0 Å². The summed E-state index contributed by atoms with van der Waals surface area (Å²) in [6.07, 6.45) is 6.77. The number of rotatable bonds is 6. The van der Waals surface area contributed by atoms with Gasteiger partial charge in [0.2, 0.25) is 0 Å². The molecule has 0 amide bonds. The largest absolute Gasteiger partial charge is 0.391 e. The second-order valence-corrected chi connectivity index (χ2v) is 9.70. The molecule has 2 fully saturated rings. The van der Waals surface area contributed by atoms with Gasteiger partial charge >= 0.3 is 6.18 Å². The number of halogens is 3. The molecule has 1 aliphatic heterocycles. The number of nitrogens with zero attached hydrogens (tertiary/aromatic N) is 5. The first-order valence-corrected chi connectivity index (χ1v) is 12.4. The van der Waals surface area contributed by atoms with E-state index in [1.165, 1.54) is 0 Å². The monoisotopic (exact) mass is 484 g/mol. The number of hydrogen-bond donors (Lipinski definition) is 1. The number of likely N-dealkylation sites (tertiary alicyclic amines) is 1. The van der Waals surface area contributed by atoms with Crippen LogP contribution in [0.2, 0.25) is 0 Å². The van der Waals surface area contributed by atoms with Gasteiger partial charge in [0.1, 0.15) is 5.82 Å². The SMILES string of the molecule is C=Cc1cnn2c(NCc3cccnc3)cc(C3CCCN(C4CCC(C(F)(F)F)CC4)C3)nc12. The number of aromatic nitrogens is 4. The van der Waals surface area contributed by atoms with Gasteiger partial charge in [0.05, 0.1) is 17.8 Å². The molecular formula is C26H31F3N6. The number of hydrogen-bond acceptors (Lipinski definition) is 5. The summed E-state index contributed by atoms with van der Waals surface area (Å²) >= 11 is 0. The van der Waals surface area contributed by atoms with Gasteiger partial charge in [-0.1, -0.05) is 18.7 Å². The van der Waals surface area contributed by atoms with Crippen molar-refractivity contribution < 1.29 is 13.2 Å². The Kier molecular flexibility index (Phi) is 6.77. The first-order chi connectivity index (χ1) is 16.9. The molecule has 0 spiro atoms. The second-order valence-electron chi connectivity index (χ2n) is 9.70. The number of alkyl halides is 3. The van der Waals surface area contributed by atoms with Crippen LogP contribution in [-0.2, 0) is 6.54 Å². The molecule has 1 aliphatic carbocycles. The maximum Gasteiger partial charge on any atom is 0.391 e. The van der Waals surface area contributed by atoms with Crippen LogP contribution in [0.5, 0.6) is 0 Å². The van der Waals surface area contributed by atoms with Crippen LogP contribution >= 0.6 is 0 Å². The van der Waals surface area contributed by atoms with Crippen molar-refractivity contribution in [2.24, 2.45) is 5.92 Å². The fourth-order valence-electron chi connectivity index (χ4n) is 5.52. The maximum atomic E-state index is 13.1. The van der Waals surface area contributed by atoms with Gasteiger partial charge in [-0.3, -0.25) is 9.88 Å². The van der Waals surface area contributed by atoms with E-state index >= 15 is 0 Å². The number of nitrogens with one attached hydrogen (secondary N) is 1. The van der Waals surface area contributed by atoms with Gasteiger partial charge < -0.3 is 5.32 Å². The molecule has 0 radical (unpaired) electrons. The minimum absolute atomic E-state index is 0.223. The van der Waals surface area contributed by atoms with Crippen LogP contribution in [-0.4, -0.2) is 49.8 Å². The van der Waals surface area contributed by atoms with Crippen molar-refractivity contribution in [3.8, 4) is 0 Å². The van der Waals surface area contributed by atoms with Gasteiger partial charge in [-0.2, -0.15) is 22.8 Å². The topological polar surface area (TPSA) is 58.4 Å². The molecule has 6 nitrogen and oxygen atoms in total. The third-order valence-corrected chi connectivity index (χ3v) is 7.48. The molecule has 186 valence electrons. The van der Waals surface area contributed by atoms with Crippen LogP contribution in [0.1, 0.15) is 61.3 Å². The van der Waals surface area contributed by atoms with Gasteiger partial charge in [-0.05, 0) is 56.7 Å². The fourth-order valence-corrected chi connectivity index (χ4v) is 5.52. The van der Waals surface area contributed by atoms with E-state index in [-0.39, 0.29) is 24.8 Å². The van der Waals surface area contributed by atoms with Crippen molar-refractivity contribution in [2.75, 3.05) is 18.4 Å².